The van der Waals surface area contributed by atoms with Gasteiger partial charge >= 0.3 is 6.09 Å². The van der Waals surface area contributed by atoms with Gasteiger partial charge in [0.25, 0.3) is 0 Å². The molecule has 2 aromatic heterocycles. The van der Waals surface area contributed by atoms with Gasteiger partial charge in [0.1, 0.15) is 28.7 Å². The molecule has 0 unspecified atom stereocenters. The van der Waals surface area contributed by atoms with Crippen molar-refractivity contribution in [3.05, 3.63) is 65.2 Å². The molecule has 11 heteroatoms. The number of hydrogen-bond donors (Lipinski definition) is 2. The van der Waals surface area contributed by atoms with Gasteiger partial charge in [-0.3, -0.25) is 0 Å². The third-order valence-corrected chi connectivity index (χ3v) is 6.96. The Hall–Kier alpha value is -4.02. The second-order valence-electron chi connectivity index (χ2n) is 11.6. The van der Waals surface area contributed by atoms with Crippen molar-refractivity contribution >= 4 is 17.5 Å². The number of piperidine rings is 1. The Morgan fingerprint density at radius 1 is 1.12 bits per heavy atom. The molecule has 5 rings (SSSR count). The van der Waals surface area contributed by atoms with Crippen LogP contribution in [0.4, 0.5) is 29.3 Å². The summed E-state index contributed by atoms with van der Waals surface area (Å²) in [6.45, 7) is 9.58. The van der Waals surface area contributed by atoms with Gasteiger partial charge in [0, 0.05) is 31.1 Å². The van der Waals surface area contributed by atoms with E-state index >= 15 is 0 Å². The van der Waals surface area contributed by atoms with Crippen LogP contribution in [0.1, 0.15) is 45.4 Å². The Balaban J connectivity index is 1.40. The summed E-state index contributed by atoms with van der Waals surface area (Å²) in [7, 11) is 0. The van der Waals surface area contributed by atoms with Crippen LogP contribution < -0.4 is 20.3 Å². The van der Waals surface area contributed by atoms with Gasteiger partial charge in [-0.1, -0.05) is 13.0 Å². The predicted octanol–water partition coefficient (Wildman–Crippen LogP) is 5.85. The fraction of sp³-hybridized carbons (Fsp3) is 0.433. The Labute approximate surface area is 237 Å². The summed E-state index contributed by atoms with van der Waals surface area (Å²) < 4.78 is 54.6. The minimum absolute atomic E-state index is 0.135. The van der Waals surface area contributed by atoms with Crippen LogP contribution in [0.2, 0.25) is 0 Å². The number of carbonyl (C=O) groups is 1. The van der Waals surface area contributed by atoms with E-state index in [-0.39, 0.29) is 24.2 Å². The van der Waals surface area contributed by atoms with Crippen LogP contribution in [0.5, 0.6) is 5.88 Å². The SMILES string of the molecule is C[C@@H]1C[C@H](NC(=O)OC(C)(C)C)CN(c2c(NCc3ccc(F)c(-c4c(F)cccc4F)n3)cnc3c2CCO3)C1. The zero-order valence-electron chi connectivity index (χ0n) is 23.6. The number of benzene rings is 1. The standard InChI is InChI=1S/C30H34F3N5O3/c1-17-12-19(37-29(39)41-30(2,3)4)16-38(15-17)27-20-10-11-40-28(20)35-14-24(27)34-13-18-8-9-23(33)26(36-18)25-21(31)6-5-7-22(25)32/h5-9,14,17,19,34H,10-13,15-16H2,1-4H3,(H,37,39)/t17-,19+/m1/s1. The molecule has 0 saturated carbocycles. The van der Waals surface area contributed by atoms with Crippen molar-refractivity contribution in [1.29, 1.82) is 0 Å². The van der Waals surface area contributed by atoms with Gasteiger partial charge in [0.15, 0.2) is 0 Å². The number of fused-ring (bicyclic) bond motifs is 1. The molecular formula is C30H34F3N5O3. The van der Waals surface area contributed by atoms with E-state index < -0.39 is 34.7 Å². The summed E-state index contributed by atoms with van der Waals surface area (Å²) in [6, 6.07) is 5.85. The second kappa shape index (κ2) is 11.5. The number of ether oxygens (including phenoxy) is 2. The lowest BCUT2D eigenvalue weighted by Crippen LogP contribution is -2.51. The summed E-state index contributed by atoms with van der Waals surface area (Å²) >= 11 is 0. The van der Waals surface area contributed by atoms with E-state index in [1.165, 1.54) is 12.1 Å². The molecule has 0 bridgehead atoms. The Morgan fingerprint density at radius 2 is 1.88 bits per heavy atom. The molecule has 4 heterocycles. The number of aromatic nitrogens is 2. The molecule has 0 spiro atoms. The van der Waals surface area contributed by atoms with Gasteiger partial charge in [-0.25, -0.2) is 27.9 Å². The first kappa shape index (κ1) is 28.5. The van der Waals surface area contributed by atoms with Crippen LogP contribution in [-0.2, 0) is 17.7 Å². The average Bonchev–Trinajstić information content (AvgIpc) is 3.36. The normalized spacial score (nSPS) is 18.5. The number of nitrogens with zero attached hydrogens (tertiary/aromatic N) is 3. The highest BCUT2D eigenvalue weighted by Gasteiger charge is 2.32. The number of carbonyl (C=O) groups excluding carboxylic acids is 1. The summed E-state index contributed by atoms with van der Waals surface area (Å²) in [4.78, 5) is 23.4. The van der Waals surface area contributed by atoms with Crippen LogP contribution in [0, 0.1) is 23.4 Å². The van der Waals surface area contributed by atoms with Crippen molar-refractivity contribution < 1.29 is 27.4 Å². The molecule has 2 aliphatic rings. The molecule has 218 valence electrons. The minimum Gasteiger partial charge on any atom is -0.477 e. The molecule has 1 saturated heterocycles. The van der Waals surface area contributed by atoms with E-state index in [0.717, 1.165) is 42.4 Å². The van der Waals surface area contributed by atoms with E-state index in [4.69, 9.17) is 9.47 Å². The fourth-order valence-corrected chi connectivity index (χ4v) is 5.40. The molecule has 0 radical (unpaired) electrons. The number of amides is 1. The lowest BCUT2D eigenvalue weighted by Gasteiger charge is -2.39. The zero-order chi connectivity index (χ0) is 29.3. The van der Waals surface area contributed by atoms with Gasteiger partial charge < -0.3 is 25.0 Å². The molecular weight excluding hydrogens is 535 g/mol. The smallest absolute Gasteiger partial charge is 0.407 e. The van der Waals surface area contributed by atoms with Gasteiger partial charge in [-0.05, 0) is 57.4 Å². The number of halogens is 3. The first-order valence-electron chi connectivity index (χ1n) is 13.7. The molecule has 8 nitrogen and oxygen atoms in total. The number of nitrogens with one attached hydrogen (secondary N) is 2. The number of alkyl carbamates (subject to hydrolysis) is 1. The maximum Gasteiger partial charge on any atom is 0.407 e. The molecule has 41 heavy (non-hydrogen) atoms. The lowest BCUT2D eigenvalue weighted by molar-refractivity contribution is 0.0495. The monoisotopic (exact) mass is 569 g/mol. The number of rotatable bonds is 6. The van der Waals surface area contributed by atoms with E-state index in [2.05, 4.69) is 32.4 Å². The molecule has 2 N–H and O–H groups in total. The third-order valence-electron chi connectivity index (χ3n) is 6.96. The summed E-state index contributed by atoms with van der Waals surface area (Å²) in [5.41, 5.74) is 1.49. The zero-order valence-corrected chi connectivity index (χ0v) is 23.6. The van der Waals surface area contributed by atoms with E-state index in [0.29, 0.717) is 36.8 Å². The average molecular weight is 570 g/mol. The molecule has 2 aliphatic heterocycles. The van der Waals surface area contributed by atoms with Gasteiger partial charge in [0.05, 0.1) is 42.0 Å². The van der Waals surface area contributed by atoms with Crippen LogP contribution in [-0.4, -0.2) is 47.4 Å². The first-order chi connectivity index (χ1) is 19.5. The van der Waals surface area contributed by atoms with Crippen LogP contribution >= 0.6 is 0 Å². The van der Waals surface area contributed by atoms with Crippen molar-refractivity contribution in [2.24, 2.45) is 5.92 Å². The number of pyridine rings is 2. The molecule has 3 aromatic rings. The largest absolute Gasteiger partial charge is 0.477 e. The Kier molecular flexibility index (Phi) is 7.97. The molecule has 1 amide bonds. The van der Waals surface area contributed by atoms with Gasteiger partial charge in [-0.2, -0.15) is 0 Å². The van der Waals surface area contributed by atoms with Crippen molar-refractivity contribution in [3.63, 3.8) is 0 Å². The summed E-state index contributed by atoms with van der Waals surface area (Å²) in [5.74, 6) is -1.75. The van der Waals surface area contributed by atoms with Gasteiger partial charge in [-0.15, -0.1) is 0 Å². The van der Waals surface area contributed by atoms with Crippen molar-refractivity contribution in [2.75, 3.05) is 29.9 Å². The van der Waals surface area contributed by atoms with Crippen molar-refractivity contribution in [2.45, 2.75) is 58.7 Å². The Bertz CT molecular complexity index is 1430. The molecule has 2 atom stereocenters. The molecule has 0 aliphatic carbocycles. The highest BCUT2D eigenvalue weighted by atomic mass is 19.1. The fourth-order valence-electron chi connectivity index (χ4n) is 5.40. The van der Waals surface area contributed by atoms with Crippen LogP contribution in [0.25, 0.3) is 11.3 Å². The van der Waals surface area contributed by atoms with Crippen LogP contribution in [0.3, 0.4) is 0 Å². The lowest BCUT2D eigenvalue weighted by atomic mass is 9.94. The van der Waals surface area contributed by atoms with Crippen molar-refractivity contribution in [1.82, 2.24) is 15.3 Å². The maximum atomic E-state index is 14.6. The highest BCUT2D eigenvalue weighted by molar-refractivity contribution is 5.76. The topological polar surface area (TPSA) is 88.6 Å². The van der Waals surface area contributed by atoms with E-state index in [9.17, 15) is 18.0 Å². The maximum absolute atomic E-state index is 14.6. The summed E-state index contributed by atoms with van der Waals surface area (Å²) in [6.07, 6.45) is 2.70. The number of hydrogen-bond acceptors (Lipinski definition) is 7. The summed E-state index contributed by atoms with van der Waals surface area (Å²) in [5, 5.41) is 6.35. The predicted molar refractivity (Wildman–Crippen MR) is 149 cm³/mol. The highest BCUT2D eigenvalue weighted by Crippen LogP contribution is 2.40. The van der Waals surface area contributed by atoms with Crippen LogP contribution in [0.15, 0.2) is 36.5 Å². The number of anilines is 2. The first-order valence-corrected chi connectivity index (χ1v) is 13.7. The Morgan fingerprint density at radius 3 is 2.61 bits per heavy atom. The third kappa shape index (κ3) is 6.49. The van der Waals surface area contributed by atoms with Gasteiger partial charge in [0.2, 0.25) is 5.88 Å². The van der Waals surface area contributed by atoms with E-state index in [1.807, 2.05) is 20.8 Å². The minimum atomic E-state index is -0.889. The second-order valence-corrected chi connectivity index (χ2v) is 11.6. The quantitative estimate of drug-likeness (QED) is 0.385. The van der Waals surface area contributed by atoms with Crippen molar-refractivity contribution in [3.8, 4) is 17.1 Å². The molecule has 1 fully saturated rings. The molecule has 1 aromatic carbocycles. The van der Waals surface area contributed by atoms with E-state index in [1.54, 1.807) is 6.20 Å².